The minimum absolute atomic E-state index is 0.0355. The maximum atomic E-state index is 11.4. The molecule has 5 nitrogen and oxygen atoms in total. The van der Waals surface area contributed by atoms with Crippen molar-refractivity contribution in [1.29, 1.82) is 0 Å². The Labute approximate surface area is 114 Å². The highest BCUT2D eigenvalue weighted by Crippen LogP contribution is 2.21. The molecular weight excluding hydrogens is 272 g/mol. The second-order valence-corrected chi connectivity index (χ2v) is 4.99. The third kappa shape index (κ3) is 2.70. The van der Waals surface area contributed by atoms with Crippen LogP contribution in [0, 0.1) is 0 Å². The van der Waals surface area contributed by atoms with Crippen LogP contribution in [0.4, 0.5) is 5.13 Å². The smallest absolute Gasteiger partial charge is 0.196 e. The number of carbonyl (C=O) groups excluding carboxylic acids is 1. The Morgan fingerprint density at radius 1 is 1.61 bits per heavy atom. The fourth-order valence-electron chi connectivity index (χ4n) is 1.46. The highest BCUT2D eigenvalue weighted by atomic mass is 35.5. The molecule has 7 heteroatoms. The fraction of sp³-hybridized carbons (Fsp3) is 0.364. The normalized spacial score (nSPS) is 10.6. The van der Waals surface area contributed by atoms with E-state index in [1.807, 2.05) is 29.8 Å². The molecule has 0 aliphatic rings. The Kier molecular flexibility index (Phi) is 3.98. The van der Waals surface area contributed by atoms with Crippen molar-refractivity contribution < 1.29 is 4.79 Å². The predicted molar refractivity (Wildman–Crippen MR) is 72.5 cm³/mol. The number of imidazole rings is 1. The molecule has 0 aliphatic carbocycles. The van der Waals surface area contributed by atoms with E-state index < -0.39 is 0 Å². The van der Waals surface area contributed by atoms with E-state index in [4.69, 9.17) is 11.6 Å². The Morgan fingerprint density at radius 3 is 3.00 bits per heavy atom. The van der Waals surface area contributed by atoms with Crippen LogP contribution in [0.3, 0.4) is 0 Å². The minimum Gasteiger partial charge on any atom is -0.344 e. The molecule has 0 bridgehead atoms. The van der Waals surface area contributed by atoms with Gasteiger partial charge in [-0.05, 0) is 0 Å². The van der Waals surface area contributed by atoms with E-state index in [2.05, 4.69) is 9.97 Å². The minimum atomic E-state index is -0.149. The third-order valence-corrected chi connectivity index (χ3v) is 3.72. The number of rotatable bonds is 5. The average Bonchev–Trinajstić information content (AvgIpc) is 2.98. The monoisotopic (exact) mass is 284 g/mol. The molecule has 0 unspecified atom stereocenters. The Balaban J connectivity index is 2.10. The molecule has 18 heavy (non-hydrogen) atoms. The van der Waals surface area contributed by atoms with Gasteiger partial charge in [0.2, 0.25) is 0 Å². The van der Waals surface area contributed by atoms with Crippen molar-refractivity contribution in [2.45, 2.75) is 6.54 Å². The van der Waals surface area contributed by atoms with E-state index in [9.17, 15) is 4.79 Å². The summed E-state index contributed by atoms with van der Waals surface area (Å²) in [5, 5.41) is 2.51. The summed E-state index contributed by atoms with van der Waals surface area (Å²) in [6.45, 7) is 0.644. The number of alkyl halides is 1. The van der Waals surface area contributed by atoms with Gasteiger partial charge in [-0.1, -0.05) is 0 Å². The fourth-order valence-corrected chi connectivity index (χ4v) is 2.40. The molecular formula is C11H13ClN4OS. The van der Waals surface area contributed by atoms with Gasteiger partial charge in [0.05, 0.1) is 12.4 Å². The zero-order valence-electron chi connectivity index (χ0n) is 10.1. The van der Waals surface area contributed by atoms with Gasteiger partial charge in [0.25, 0.3) is 0 Å². The molecule has 0 saturated carbocycles. The van der Waals surface area contributed by atoms with Crippen LogP contribution in [0.1, 0.15) is 16.3 Å². The molecule has 0 atom stereocenters. The zero-order chi connectivity index (χ0) is 13.1. The van der Waals surface area contributed by atoms with Gasteiger partial charge in [-0.15, -0.1) is 22.9 Å². The van der Waals surface area contributed by atoms with Crippen LogP contribution in [0.25, 0.3) is 0 Å². The number of ketones is 1. The SMILES string of the molecule is CN(Cc1nccn1C)c1nc(C(=O)CCl)cs1. The summed E-state index contributed by atoms with van der Waals surface area (Å²) in [7, 11) is 3.86. The molecule has 0 N–H and O–H groups in total. The summed E-state index contributed by atoms with van der Waals surface area (Å²) in [4.78, 5) is 21.9. The van der Waals surface area contributed by atoms with Gasteiger partial charge in [-0.2, -0.15) is 0 Å². The van der Waals surface area contributed by atoms with E-state index in [-0.39, 0.29) is 11.7 Å². The van der Waals surface area contributed by atoms with Gasteiger partial charge in [-0.3, -0.25) is 4.79 Å². The topological polar surface area (TPSA) is 51.0 Å². The van der Waals surface area contributed by atoms with Crippen LogP contribution in [0.15, 0.2) is 17.8 Å². The van der Waals surface area contributed by atoms with Gasteiger partial charge in [0, 0.05) is 31.9 Å². The number of aryl methyl sites for hydroxylation is 1. The predicted octanol–water partition coefficient (Wildman–Crippen LogP) is 1.93. The Hall–Kier alpha value is -1.40. The third-order valence-electron chi connectivity index (χ3n) is 2.53. The van der Waals surface area contributed by atoms with Crippen LogP contribution >= 0.6 is 22.9 Å². The summed E-state index contributed by atoms with van der Waals surface area (Å²) >= 11 is 6.93. The van der Waals surface area contributed by atoms with E-state index >= 15 is 0 Å². The second kappa shape index (κ2) is 5.49. The summed E-state index contributed by atoms with van der Waals surface area (Å²) in [5.41, 5.74) is 0.427. The van der Waals surface area contributed by atoms with E-state index in [0.29, 0.717) is 12.2 Å². The molecule has 2 aromatic rings. The highest BCUT2D eigenvalue weighted by molar-refractivity contribution is 7.13. The first-order valence-corrected chi connectivity index (χ1v) is 6.75. The largest absolute Gasteiger partial charge is 0.344 e. The molecule has 2 aromatic heterocycles. The molecule has 0 fully saturated rings. The molecule has 96 valence electrons. The number of aromatic nitrogens is 3. The Morgan fingerprint density at radius 2 is 2.39 bits per heavy atom. The molecule has 0 radical (unpaired) electrons. The lowest BCUT2D eigenvalue weighted by Gasteiger charge is -2.14. The number of nitrogens with zero attached hydrogens (tertiary/aromatic N) is 4. The van der Waals surface area contributed by atoms with Crippen LogP contribution in [0.5, 0.6) is 0 Å². The second-order valence-electron chi connectivity index (χ2n) is 3.88. The number of halogens is 1. The Bertz CT molecular complexity index is 551. The molecule has 2 heterocycles. The number of hydrogen-bond acceptors (Lipinski definition) is 5. The van der Waals surface area contributed by atoms with Crippen molar-refractivity contribution in [2.24, 2.45) is 7.05 Å². The van der Waals surface area contributed by atoms with Crippen LogP contribution in [-0.2, 0) is 13.6 Å². The van der Waals surface area contributed by atoms with Crippen LogP contribution in [-0.4, -0.2) is 33.2 Å². The first kappa shape index (κ1) is 13.0. The zero-order valence-corrected chi connectivity index (χ0v) is 11.7. The number of carbonyl (C=O) groups is 1. The number of thiazole rings is 1. The molecule has 2 rings (SSSR count). The lowest BCUT2D eigenvalue weighted by atomic mass is 10.3. The first-order valence-electron chi connectivity index (χ1n) is 5.34. The molecule has 0 aliphatic heterocycles. The summed E-state index contributed by atoms with van der Waals surface area (Å²) in [6.07, 6.45) is 3.65. The van der Waals surface area contributed by atoms with Crippen LogP contribution in [0.2, 0.25) is 0 Å². The quantitative estimate of drug-likeness (QED) is 0.622. The van der Waals surface area contributed by atoms with Gasteiger partial charge in [0.15, 0.2) is 10.9 Å². The van der Waals surface area contributed by atoms with E-state index in [1.54, 1.807) is 11.6 Å². The van der Waals surface area contributed by atoms with E-state index in [0.717, 1.165) is 11.0 Å². The van der Waals surface area contributed by atoms with Crippen molar-refractivity contribution in [1.82, 2.24) is 14.5 Å². The van der Waals surface area contributed by atoms with E-state index in [1.165, 1.54) is 11.3 Å². The van der Waals surface area contributed by atoms with Gasteiger partial charge in [-0.25, -0.2) is 9.97 Å². The van der Waals surface area contributed by atoms with Crippen molar-refractivity contribution >= 4 is 33.9 Å². The average molecular weight is 285 g/mol. The van der Waals surface area contributed by atoms with Gasteiger partial charge in [0.1, 0.15) is 11.5 Å². The number of Topliss-reactive ketones (excluding diaryl/α,β-unsaturated/α-hetero) is 1. The maximum absolute atomic E-state index is 11.4. The van der Waals surface area contributed by atoms with Gasteiger partial charge >= 0.3 is 0 Å². The maximum Gasteiger partial charge on any atom is 0.196 e. The van der Waals surface area contributed by atoms with Crippen LogP contribution < -0.4 is 4.90 Å². The highest BCUT2D eigenvalue weighted by Gasteiger charge is 2.13. The van der Waals surface area contributed by atoms with Crippen molar-refractivity contribution in [3.05, 3.63) is 29.3 Å². The number of hydrogen-bond donors (Lipinski definition) is 0. The number of anilines is 1. The first-order chi connectivity index (χ1) is 8.61. The molecule has 0 spiro atoms. The molecule has 0 aromatic carbocycles. The lowest BCUT2D eigenvalue weighted by molar-refractivity contribution is 0.101. The van der Waals surface area contributed by atoms with Gasteiger partial charge < -0.3 is 9.47 Å². The standard InChI is InChI=1S/C11H13ClN4OS/c1-15-4-3-13-10(15)6-16(2)11-14-8(7-18-11)9(17)5-12/h3-4,7H,5-6H2,1-2H3. The summed E-state index contributed by atoms with van der Waals surface area (Å²) in [6, 6.07) is 0. The van der Waals surface area contributed by atoms with Crippen molar-refractivity contribution in [2.75, 3.05) is 17.8 Å². The van der Waals surface area contributed by atoms with Crippen molar-refractivity contribution in [3.63, 3.8) is 0 Å². The summed E-state index contributed by atoms with van der Waals surface area (Å²) < 4.78 is 1.95. The van der Waals surface area contributed by atoms with Crippen molar-refractivity contribution in [3.8, 4) is 0 Å². The summed E-state index contributed by atoms with van der Waals surface area (Å²) in [5.74, 6) is 0.758. The lowest BCUT2D eigenvalue weighted by Crippen LogP contribution is -2.19. The molecule has 0 saturated heterocycles. The molecule has 0 amide bonds.